The minimum atomic E-state index is -2.30. The van der Waals surface area contributed by atoms with Gasteiger partial charge in [0.1, 0.15) is 35.6 Å². The molecule has 3 aliphatic carbocycles. The Hall–Kier alpha value is -4.87. The van der Waals surface area contributed by atoms with E-state index in [9.17, 15) is 39.3 Å². The van der Waals surface area contributed by atoms with Crippen molar-refractivity contribution >= 4 is 30.0 Å². The molecule has 1 heterocycles. The standard InChI is InChI=1S/C46H59NO15/c1-24-29(59-40(53)34(51)33(27-17-13-11-14-18-27)47-41(54)62-42(4,5)6)22-46(55)38(60-39(52)28-19-15-12-16-20-28)36-44(9,30(50)21-31-45(36,23-57-31)61-26(3)49)37(56-10)35(58-25(2)48)32(24)43(46,7)8/h11-20,29-31,33-38,50-51,55H,21-23H2,1-10H3,(H,47,54)/t29-,30-,31?,33-,34+,35+,36-,37-,38-,44+,45-,46+/m0/s1. The van der Waals surface area contributed by atoms with Crippen LogP contribution in [0.1, 0.15) is 97.1 Å². The molecule has 1 amide bonds. The molecule has 2 aromatic carbocycles. The number of benzene rings is 2. The quantitative estimate of drug-likeness (QED) is 0.149. The maximum Gasteiger partial charge on any atom is 0.408 e. The highest BCUT2D eigenvalue weighted by atomic mass is 16.6. The second kappa shape index (κ2) is 17.0. The van der Waals surface area contributed by atoms with Crippen molar-refractivity contribution in [3.05, 3.63) is 82.9 Å². The molecule has 2 aromatic rings. The number of esters is 4. The maximum atomic E-state index is 14.4. The molecule has 16 nitrogen and oxygen atoms in total. The third-order valence-electron chi connectivity index (χ3n) is 13.3. The number of methoxy groups -OCH3 is 1. The lowest BCUT2D eigenvalue weighted by Gasteiger charge is -2.69. The van der Waals surface area contributed by atoms with Gasteiger partial charge >= 0.3 is 30.0 Å². The van der Waals surface area contributed by atoms with E-state index in [2.05, 4.69) is 5.32 Å². The summed E-state index contributed by atoms with van der Waals surface area (Å²) < 4.78 is 42.7. The van der Waals surface area contributed by atoms with Crippen LogP contribution >= 0.6 is 0 Å². The number of rotatable bonds is 10. The zero-order valence-electron chi connectivity index (χ0n) is 36.8. The molecule has 4 N–H and O–H groups in total. The van der Waals surface area contributed by atoms with E-state index in [1.165, 1.54) is 33.1 Å². The SMILES string of the molecule is CO[C@H]1[C@H](OC(C)=O)C2=C(C)[C@@H](OC(=O)[C@H](O)[C@@H](NC(=O)OC(C)(C)C)c3ccccc3)C[C@@](O)([C@@H](OC(=O)c3ccccc3)[C@H]3[C@@]1(C)[C@@H](O)CC1OC[C@]13OC(C)=O)C2(C)C. The van der Waals surface area contributed by atoms with Crippen LogP contribution in [0.15, 0.2) is 71.8 Å². The third-order valence-corrected chi connectivity index (χ3v) is 13.3. The predicted octanol–water partition coefficient (Wildman–Crippen LogP) is 4.28. The number of hydrogen-bond donors (Lipinski definition) is 4. The summed E-state index contributed by atoms with van der Waals surface area (Å²) in [6, 6.07) is 14.9. The first-order chi connectivity index (χ1) is 28.9. The van der Waals surface area contributed by atoms with Gasteiger partial charge in [-0.1, -0.05) is 69.3 Å². The zero-order chi connectivity index (χ0) is 45.7. The molecule has 1 unspecified atom stereocenters. The first-order valence-electron chi connectivity index (χ1n) is 20.7. The highest BCUT2D eigenvalue weighted by molar-refractivity contribution is 5.89. The third kappa shape index (κ3) is 8.11. The average molecular weight is 866 g/mol. The smallest absolute Gasteiger partial charge is 0.408 e. The number of fused-ring (bicyclic) bond motifs is 5. The highest BCUT2D eigenvalue weighted by Crippen LogP contribution is 2.65. The molecule has 4 aliphatic rings. The Labute approximate surface area is 361 Å². The number of hydrogen-bond acceptors (Lipinski definition) is 15. The van der Waals surface area contributed by atoms with Gasteiger partial charge in [0.25, 0.3) is 0 Å². The summed E-state index contributed by atoms with van der Waals surface area (Å²) in [5.41, 5.74) is -7.00. The Balaban J connectivity index is 1.56. The van der Waals surface area contributed by atoms with Gasteiger partial charge in [0.05, 0.1) is 30.2 Å². The molecule has 62 heavy (non-hydrogen) atoms. The van der Waals surface area contributed by atoms with Crippen molar-refractivity contribution in [2.45, 2.75) is 141 Å². The van der Waals surface area contributed by atoms with Gasteiger partial charge in [-0.25, -0.2) is 14.4 Å². The fourth-order valence-corrected chi connectivity index (χ4v) is 10.4. The van der Waals surface area contributed by atoms with Crippen LogP contribution in [-0.2, 0) is 47.5 Å². The number of aliphatic hydroxyl groups excluding tert-OH is 2. The molecule has 2 saturated carbocycles. The van der Waals surface area contributed by atoms with Gasteiger partial charge in [0.15, 0.2) is 17.8 Å². The van der Waals surface area contributed by atoms with Gasteiger partial charge in [0, 0.05) is 44.6 Å². The molecule has 16 heteroatoms. The van der Waals surface area contributed by atoms with Gasteiger partial charge in [-0.05, 0) is 56.5 Å². The summed E-state index contributed by atoms with van der Waals surface area (Å²) in [6.45, 7) is 13.8. The second-order valence-electron chi connectivity index (χ2n) is 18.6. The number of nitrogens with one attached hydrogen (secondary N) is 1. The largest absolute Gasteiger partial charge is 0.456 e. The van der Waals surface area contributed by atoms with Gasteiger partial charge in [-0.15, -0.1) is 0 Å². The fourth-order valence-electron chi connectivity index (χ4n) is 10.4. The van der Waals surface area contributed by atoms with Crippen molar-refractivity contribution < 1.29 is 72.5 Å². The summed E-state index contributed by atoms with van der Waals surface area (Å²) in [4.78, 5) is 68.0. The summed E-state index contributed by atoms with van der Waals surface area (Å²) in [6.07, 6.45) is -11.5. The number of ether oxygens (including phenoxy) is 7. The first kappa shape index (κ1) is 46.6. The lowest BCUT2D eigenvalue weighted by molar-refractivity contribution is -0.366. The Morgan fingerprint density at radius 1 is 0.887 bits per heavy atom. The Bertz CT molecular complexity index is 2070. The molecule has 0 aromatic heterocycles. The number of aliphatic hydroxyl groups is 3. The maximum absolute atomic E-state index is 14.4. The number of amides is 1. The predicted molar refractivity (Wildman–Crippen MR) is 219 cm³/mol. The van der Waals surface area contributed by atoms with E-state index in [4.69, 9.17) is 33.2 Å². The molecule has 1 saturated heterocycles. The monoisotopic (exact) mass is 865 g/mol. The van der Waals surface area contributed by atoms with E-state index >= 15 is 0 Å². The molecule has 0 spiro atoms. The number of alkyl carbamates (subject to hydrolysis) is 1. The van der Waals surface area contributed by atoms with E-state index in [1.54, 1.807) is 97.0 Å². The van der Waals surface area contributed by atoms with E-state index in [-0.39, 0.29) is 24.2 Å². The lowest BCUT2D eigenvalue weighted by Crippen LogP contribution is -2.82. The van der Waals surface area contributed by atoms with Crippen molar-refractivity contribution in [3.63, 3.8) is 0 Å². The molecule has 1 aliphatic heterocycles. The highest BCUT2D eigenvalue weighted by Gasteiger charge is 2.78. The molecule has 338 valence electrons. The molecule has 3 fully saturated rings. The number of carbonyl (C=O) groups excluding carboxylic acids is 5. The fraction of sp³-hybridized carbons (Fsp3) is 0.587. The van der Waals surface area contributed by atoms with Crippen LogP contribution in [0.5, 0.6) is 0 Å². The minimum Gasteiger partial charge on any atom is -0.456 e. The average Bonchev–Trinajstić information content (AvgIpc) is 3.18. The molecular formula is C46H59NO15. The van der Waals surface area contributed by atoms with Crippen LogP contribution in [0, 0.1) is 16.7 Å². The minimum absolute atomic E-state index is 0.0653. The van der Waals surface area contributed by atoms with Crippen LogP contribution < -0.4 is 5.32 Å². The van der Waals surface area contributed by atoms with Crippen LogP contribution in [0.2, 0.25) is 0 Å². The van der Waals surface area contributed by atoms with Crippen molar-refractivity contribution in [3.8, 4) is 0 Å². The Kier molecular flexibility index (Phi) is 12.8. The topological polar surface area (TPSA) is 223 Å². The summed E-state index contributed by atoms with van der Waals surface area (Å²) in [5.74, 6) is -4.85. The molecule has 0 radical (unpaired) electrons. The van der Waals surface area contributed by atoms with E-state index < -0.39 is 119 Å². The number of carbonyl (C=O) groups is 5. The first-order valence-corrected chi connectivity index (χ1v) is 20.7. The van der Waals surface area contributed by atoms with Crippen LogP contribution in [0.25, 0.3) is 0 Å². The van der Waals surface area contributed by atoms with Gasteiger partial charge in [-0.3, -0.25) is 9.59 Å². The van der Waals surface area contributed by atoms with E-state index in [0.29, 0.717) is 11.1 Å². The van der Waals surface area contributed by atoms with E-state index in [1.807, 2.05) is 0 Å². The zero-order valence-corrected chi connectivity index (χ0v) is 36.8. The lowest BCUT2D eigenvalue weighted by atomic mass is 9.44. The van der Waals surface area contributed by atoms with Gasteiger partial charge in [-0.2, -0.15) is 0 Å². The molecular weight excluding hydrogens is 806 g/mol. The Morgan fingerprint density at radius 2 is 1.50 bits per heavy atom. The van der Waals surface area contributed by atoms with Gasteiger partial charge < -0.3 is 53.8 Å². The van der Waals surface area contributed by atoms with Crippen LogP contribution in [0.3, 0.4) is 0 Å². The molecule has 12 atom stereocenters. The second-order valence-corrected chi connectivity index (χ2v) is 18.6. The summed E-state index contributed by atoms with van der Waals surface area (Å²) in [7, 11) is 1.36. The van der Waals surface area contributed by atoms with Crippen molar-refractivity contribution in [1.82, 2.24) is 5.32 Å². The summed E-state index contributed by atoms with van der Waals surface area (Å²) in [5, 5.41) is 40.4. The van der Waals surface area contributed by atoms with Gasteiger partial charge in [0.2, 0.25) is 0 Å². The normalized spacial score (nSPS) is 33.3. The van der Waals surface area contributed by atoms with Crippen molar-refractivity contribution in [2.24, 2.45) is 16.7 Å². The Morgan fingerprint density at radius 3 is 2.03 bits per heavy atom. The van der Waals surface area contributed by atoms with Crippen molar-refractivity contribution in [1.29, 1.82) is 0 Å². The molecule has 2 bridgehead atoms. The van der Waals surface area contributed by atoms with Crippen molar-refractivity contribution in [2.75, 3.05) is 13.7 Å². The summed E-state index contributed by atoms with van der Waals surface area (Å²) >= 11 is 0. The van der Waals surface area contributed by atoms with Crippen LogP contribution in [0.4, 0.5) is 4.79 Å². The molecule has 6 rings (SSSR count). The van der Waals surface area contributed by atoms with E-state index in [0.717, 1.165) is 0 Å². The van der Waals surface area contributed by atoms with Crippen LogP contribution in [-0.4, -0.2) is 119 Å².